The molecule has 0 spiro atoms. The second-order valence-corrected chi connectivity index (χ2v) is 3.96. The van der Waals surface area contributed by atoms with E-state index in [1.807, 2.05) is 30.3 Å². The summed E-state index contributed by atoms with van der Waals surface area (Å²) in [6.07, 6.45) is 5.93. The van der Waals surface area contributed by atoms with Crippen LogP contribution in [0.5, 0.6) is 0 Å². The summed E-state index contributed by atoms with van der Waals surface area (Å²) >= 11 is 0. The molecule has 2 aromatic rings. The lowest BCUT2D eigenvalue weighted by Gasteiger charge is -2.08. The molecule has 0 aliphatic rings. The van der Waals surface area contributed by atoms with E-state index in [0.29, 0.717) is 0 Å². The Morgan fingerprint density at radius 1 is 1.18 bits per heavy atom. The highest BCUT2D eigenvalue weighted by atomic mass is 16.3. The van der Waals surface area contributed by atoms with Gasteiger partial charge in [0.25, 0.3) is 0 Å². The van der Waals surface area contributed by atoms with Crippen molar-refractivity contribution in [3.63, 3.8) is 0 Å². The third-order valence-corrected chi connectivity index (χ3v) is 2.62. The Balaban J connectivity index is 1.78. The lowest BCUT2D eigenvalue weighted by molar-refractivity contribution is 0.442. The first-order valence-electron chi connectivity index (χ1n) is 5.84. The number of nitrogens with one attached hydrogen (secondary N) is 1. The van der Waals surface area contributed by atoms with Crippen molar-refractivity contribution in [3.8, 4) is 0 Å². The maximum atomic E-state index is 5.32. The molecule has 0 amide bonds. The van der Waals surface area contributed by atoms with Gasteiger partial charge in [-0.05, 0) is 24.6 Å². The molecular formula is C15H17NO. The maximum Gasteiger partial charge on any atom is 0.120 e. The molecule has 1 aromatic carbocycles. The van der Waals surface area contributed by atoms with E-state index in [0.717, 1.165) is 12.3 Å². The van der Waals surface area contributed by atoms with Crippen molar-refractivity contribution in [2.45, 2.75) is 13.0 Å². The van der Waals surface area contributed by atoms with Crippen molar-refractivity contribution in [1.29, 1.82) is 0 Å². The van der Waals surface area contributed by atoms with Crippen molar-refractivity contribution in [3.05, 3.63) is 66.1 Å². The van der Waals surface area contributed by atoms with E-state index in [-0.39, 0.29) is 6.04 Å². The largest absolute Gasteiger partial charge is 0.468 e. The van der Waals surface area contributed by atoms with Crippen molar-refractivity contribution < 1.29 is 4.42 Å². The van der Waals surface area contributed by atoms with Crippen LogP contribution in [0.4, 0.5) is 0 Å². The Morgan fingerprint density at radius 2 is 2.00 bits per heavy atom. The minimum Gasteiger partial charge on any atom is -0.468 e. The number of furan rings is 1. The van der Waals surface area contributed by atoms with Gasteiger partial charge in [0, 0.05) is 6.54 Å². The van der Waals surface area contributed by atoms with E-state index in [1.165, 1.54) is 5.56 Å². The summed E-state index contributed by atoms with van der Waals surface area (Å²) in [5.41, 5.74) is 1.22. The first-order chi connectivity index (χ1) is 8.36. The van der Waals surface area contributed by atoms with Crippen molar-refractivity contribution in [1.82, 2.24) is 5.32 Å². The molecule has 0 saturated heterocycles. The molecule has 0 fully saturated rings. The second-order valence-electron chi connectivity index (χ2n) is 3.96. The van der Waals surface area contributed by atoms with E-state index >= 15 is 0 Å². The SMILES string of the molecule is C[C@@H](NC/C=C/c1ccccc1)c1ccco1. The van der Waals surface area contributed by atoms with Gasteiger partial charge >= 0.3 is 0 Å². The Bertz CT molecular complexity index is 445. The predicted octanol–water partition coefficient (Wildman–Crippen LogP) is 3.64. The van der Waals surface area contributed by atoms with Crippen LogP contribution in [0.3, 0.4) is 0 Å². The first-order valence-corrected chi connectivity index (χ1v) is 5.84. The number of hydrogen-bond donors (Lipinski definition) is 1. The zero-order chi connectivity index (χ0) is 11.9. The normalized spacial score (nSPS) is 13.0. The zero-order valence-corrected chi connectivity index (χ0v) is 9.97. The highest BCUT2D eigenvalue weighted by Crippen LogP contribution is 2.11. The highest BCUT2D eigenvalue weighted by Gasteiger charge is 2.04. The van der Waals surface area contributed by atoms with Gasteiger partial charge in [-0.3, -0.25) is 0 Å². The van der Waals surface area contributed by atoms with E-state index in [2.05, 4.69) is 36.5 Å². The molecule has 2 nitrogen and oxygen atoms in total. The Hall–Kier alpha value is -1.80. The highest BCUT2D eigenvalue weighted by molar-refractivity contribution is 5.48. The van der Waals surface area contributed by atoms with Crippen molar-refractivity contribution >= 4 is 6.08 Å². The monoisotopic (exact) mass is 227 g/mol. The fourth-order valence-electron chi connectivity index (χ4n) is 1.64. The summed E-state index contributed by atoms with van der Waals surface area (Å²) in [4.78, 5) is 0. The van der Waals surface area contributed by atoms with Crippen LogP contribution in [-0.4, -0.2) is 6.54 Å². The third kappa shape index (κ3) is 3.61. The van der Waals surface area contributed by atoms with Gasteiger partial charge in [0.1, 0.15) is 5.76 Å². The Labute approximate surface area is 102 Å². The van der Waals surface area contributed by atoms with E-state index in [1.54, 1.807) is 6.26 Å². The van der Waals surface area contributed by atoms with Crippen molar-refractivity contribution in [2.75, 3.05) is 6.54 Å². The summed E-state index contributed by atoms with van der Waals surface area (Å²) in [7, 11) is 0. The molecule has 2 rings (SSSR count). The van der Waals surface area contributed by atoms with Crippen LogP contribution in [0.2, 0.25) is 0 Å². The predicted molar refractivity (Wildman–Crippen MR) is 70.6 cm³/mol. The standard InChI is InChI=1S/C15H17NO/c1-13(15-10-6-12-17-15)16-11-5-9-14-7-3-2-4-8-14/h2-10,12-13,16H,11H2,1H3/b9-5+/t13-/m1/s1. The smallest absolute Gasteiger partial charge is 0.120 e. The lowest BCUT2D eigenvalue weighted by Crippen LogP contribution is -2.17. The summed E-state index contributed by atoms with van der Waals surface area (Å²) in [5, 5.41) is 3.37. The van der Waals surface area contributed by atoms with Gasteiger partial charge in [-0.2, -0.15) is 0 Å². The van der Waals surface area contributed by atoms with Gasteiger partial charge in [0.2, 0.25) is 0 Å². The minimum atomic E-state index is 0.241. The molecule has 1 N–H and O–H groups in total. The zero-order valence-electron chi connectivity index (χ0n) is 9.97. The molecule has 2 heteroatoms. The van der Waals surface area contributed by atoms with Crippen LogP contribution in [0.1, 0.15) is 24.3 Å². The molecular weight excluding hydrogens is 210 g/mol. The van der Waals surface area contributed by atoms with E-state index in [4.69, 9.17) is 4.42 Å². The fourth-order valence-corrected chi connectivity index (χ4v) is 1.64. The number of hydrogen-bond acceptors (Lipinski definition) is 2. The maximum absolute atomic E-state index is 5.32. The Morgan fingerprint density at radius 3 is 2.71 bits per heavy atom. The summed E-state index contributed by atoms with van der Waals surface area (Å²) in [6, 6.07) is 14.4. The molecule has 0 radical (unpaired) electrons. The molecule has 88 valence electrons. The topological polar surface area (TPSA) is 25.2 Å². The van der Waals surface area contributed by atoms with Gasteiger partial charge in [-0.15, -0.1) is 0 Å². The van der Waals surface area contributed by atoms with Crippen LogP contribution in [0.15, 0.2) is 59.2 Å². The van der Waals surface area contributed by atoms with E-state index in [9.17, 15) is 0 Å². The lowest BCUT2D eigenvalue weighted by atomic mass is 10.2. The third-order valence-electron chi connectivity index (χ3n) is 2.62. The van der Waals surface area contributed by atoms with Crippen LogP contribution < -0.4 is 5.32 Å². The quantitative estimate of drug-likeness (QED) is 0.843. The molecule has 1 aromatic heterocycles. The van der Waals surface area contributed by atoms with Gasteiger partial charge in [-0.25, -0.2) is 0 Å². The van der Waals surface area contributed by atoms with Gasteiger partial charge in [0.15, 0.2) is 0 Å². The van der Waals surface area contributed by atoms with Crippen LogP contribution in [-0.2, 0) is 0 Å². The molecule has 0 bridgehead atoms. The fraction of sp³-hybridized carbons (Fsp3) is 0.200. The average Bonchev–Trinajstić information content (AvgIpc) is 2.89. The number of rotatable bonds is 5. The minimum absolute atomic E-state index is 0.241. The summed E-state index contributed by atoms with van der Waals surface area (Å²) in [5.74, 6) is 0.970. The van der Waals surface area contributed by atoms with Gasteiger partial charge in [0.05, 0.1) is 12.3 Å². The van der Waals surface area contributed by atoms with Crippen LogP contribution in [0.25, 0.3) is 6.08 Å². The van der Waals surface area contributed by atoms with Crippen molar-refractivity contribution in [2.24, 2.45) is 0 Å². The summed E-state index contributed by atoms with van der Waals surface area (Å²) < 4.78 is 5.32. The average molecular weight is 227 g/mol. The van der Waals surface area contributed by atoms with E-state index < -0.39 is 0 Å². The van der Waals surface area contributed by atoms with Gasteiger partial charge in [-0.1, -0.05) is 42.5 Å². The molecule has 1 atom stereocenters. The molecule has 1 heterocycles. The summed E-state index contributed by atoms with van der Waals surface area (Å²) in [6.45, 7) is 2.92. The second kappa shape index (κ2) is 6.06. The molecule has 17 heavy (non-hydrogen) atoms. The number of benzene rings is 1. The van der Waals surface area contributed by atoms with Crippen LogP contribution in [0, 0.1) is 0 Å². The van der Waals surface area contributed by atoms with Crippen LogP contribution >= 0.6 is 0 Å². The Kier molecular flexibility index (Phi) is 4.17. The molecule has 0 aliphatic heterocycles. The molecule has 0 saturated carbocycles. The first kappa shape index (κ1) is 11.7. The molecule has 0 aliphatic carbocycles. The molecule has 0 unspecified atom stereocenters. The van der Waals surface area contributed by atoms with Gasteiger partial charge < -0.3 is 9.73 Å².